The van der Waals surface area contributed by atoms with Crippen LogP contribution in [0.1, 0.15) is 35.6 Å². The average molecular weight is 381 g/mol. The molecule has 144 valence electrons. The Bertz CT molecular complexity index is 872. The van der Waals surface area contributed by atoms with Gasteiger partial charge in [0.05, 0.1) is 0 Å². The third kappa shape index (κ3) is 4.96. The Kier molecular flexibility index (Phi) is 6.04. The zero-order chi connectivity index (χ0) is 20.2. The number of amides is 1. The highest BCUT2D eigenvalue weighted by Crippen LogP contribution is 2.30. The number of nitrogens with zero attached hydrogens (tertiary/aromatic N) is 2. The van der Waals surface area contributed by atoms with Crippen LogP contribution in [-0.4, -0.2) is 21.4 Å². The quantitative estimate of drug-likeness (QED) is 0.469. The summed E-state index contributed by atoms with van der Waals surface area (Å²) < 4.78 is 45.0. The van der Waals surface area contributed by atoms with Crippen LogP contribution in [0.2, 0.25) is 0 Å². The molecule has 6 nitrogen and oxygen atoms in total. The van der Waals surface area contributed by atoms with E-state index in [4.69, 9.17) is 4.74 Å². The second-order valence-electron chi connectivity index (χ2n) is 5.61. The van der Waals surface area contributed by atoms with E-state index in [1.807, 2.05) is 6.92 Å². The van der Waals surface area contributed by atoms with Gasteiger partial charge in [-0.25, -0.2) is 4.98 Å². The lowest BCUT2D eigenvalue weighted by Gasteiger charge is -2.09. The lowest BCUT2D eigenvalue weighted by Crippen LogP contribution is -2.15. The molecule has 2 rings (SSSR count). The number of esters is 1. The van der Waals surface area contributed by atoms with Crippen molar-refractivity contribution in [2.24, 2.45) is 0 Å². The Balaban J connectivity index is 2.29. The monoisotopic (exact) mass is 381 g/mol. The lowest BCUT2D eigenvalue weighted by molar-refractivity contribution is -0.147. The normalized spacial score (nSPS) is 11.1. The molecule has 0 unspecified atom stereocenters. The van der Waals surface area contributed by atoms with Gasteiger partial charge in [0.2, 0.25) is 5.82 Å². The summed E-state index contributed by atoms with van der Waals surface area (Å²) in [5, 5.41) is 2.32. The first-order chi connectivity index (χ1) is 12.7. The van der Waals surface area contributed by atoms with Crippen LogP contribution in [0, 0.1) is 0 Å². The highest BCUT2D eigenvalue weighted by Gasteiger charge is 2.37. The van der Waals surface area contributed by atoms with Gasteiger partial charge in [-0.15, -0.1) is 6.58 Å². The summed E-state index contributed by atoms with van der Waals surface area (Å²) in [6.45, 7) is 6.38. The van der Waals surface area contributed by atoms with E-state index in [2.05, 4.69) is 16.9 Å². The molecule has 0 bridgehead atoms. The van der Waals surface area contributed by atoms with Gasteiger partial charge in [-0.05, 0) is 24.1 Å². The van der Waals surface area contributed by atoms with Crippen molar-refractivity contribution in [3.63, 3.8) is 0 Å². The molecule has 0 aliphatic rings. The van der Waals surface area contributed by atoms with Crippen molar-refractivity contribution in [1.29, 1.82) is 0 Å². The molecular formula is C18H18F3N3O3. The van der Waals surface area contributed by atoms with E-state index in [1.165, 1.54) is 25.1 Å². The Hall–Kier alpha value is -3.10. The first-order valence-electron chi connectivity index (χ1n) is 8.03. The van der Waals surface area contributed by atoms with Gasteiger partial charge in [0.1, 0.15) is 5.75 Å². The Morgan fingerprint density at radius 3 is 2.63 bits per heavy atom. The molecule has 0 aliphatic carbocycles. The average Bonchev–Trinajstić information content (AvgIpc) is 2.97. The van der Waals surface area contributed by atoms with Crippen molar-refractivity contribution in [3.8, 4) is 5.75 Å². The predicted octanol–water partition coefficient (Wildman–Crippen LogP) is 3.83. The fraction of sp³-hybridized carbons (Fsp3) is 0.278. The standard InChI is InChI=1S/C18H18F3N3O3/c1-4-8-24-10-15(23-17(24)18(19,20)21)22-16(26)13-7-6-12(5-2)14(9-13)27-11(3)25/h4,6-7,9-10H,1,5,8H2,2-3H3,(H,22,26). The van der Waals surface area contributed by atoms with E-state index in [1.54, 1.807) is 6.07 Å². The topological polar surface area (TPSA) is 73.2 Å². The second-order valence-corrected chi connectivity index (χ2v) is 5.61. The summed E-state index contributed by atoms with van der Waals surface area (Å²) in [6, 6.07) is 4.47. The molecule has 0 atom stereocenters. The number of carbonyl (C=O) groups is 2. The number of hydrogen-bond donors (Lipinski definition) is 1. The summed E-state index contributed by atoms with van der Waals surface area (Å²) in [5.74, 6) is -2.38. The van der Waals surface area contributed by atoms with E-state index < -0.39 is 23.9 Å². The maximum atomic E-state index is 13.0. The lowest BCUT2D eigenvalue weighted by atomic mass is 10.1. The Labute approximate surface area is 153 Å². The third-order valence-corrected chi connectivity index (χ3v) is 3.56. The molecule has 0 spiro atoms. The van der Waals surface area contributed by atoms with Crippen molar-refractivity contribution >= 4 is 17.7 Å². The van der Waals surface area contributed by atoms with Crippen LogP contribution in [0.25, 0.3) is 0 Å². The number of alkyl halides is 3. The van der Waals surface area contributed by atoms with E-state index >= 15 is 0 Å². The number of aryl methyl sites for hydroxylation is 1. The maximum Gasteiger partial charge on any atom is 0.449 e. The van der Waals surface area contributed by atoms with Crippen LogP contribution >= 0.6 is 0 Å². The highest BCUT2D eigenvalue weighted by atomic mass is 19.4. The molecule has 0 fully saturated rings. The van der Waals surface area contributed by atoms with Crippen LogP contribution in [0.3, 0.4) is 0 Å². The number of hydrogen-bond acceptors (Lipinski definition) is 4. The molecule has 0 aliphatic heterocycles. The molecule has 1 N–H and O–H groups in total. The van der Waals surface area contributed by atoms with Crippen LogP contribution in [-0.2, 0) is 23.9 Å². The van der Waals surface area contributed by atoms with Gasteiger partial charge in [0.25, 0.3) is 5.91 Å². The number of halogens is 3. The number of carbonyl (C=O) groups excluding carboxylic acids is 2. The van der Waals surface area contributed by atoms with Crippen LogP contribution in [0.4, 0.5) is 19.0 Å². The van der Waals surface area contributed by atoms with Gasteiger partial charge in [-0.2, -0.15) is 13.2 Å². The minimum absolute atomic E-state index is 0.112. The van der Waals surface area contributed by atoms with Crippen molar-refractivity contribution < 1.29 is 27.5 Å². The fourth-order valence-corrected chi connectivity index (χ4v) is 2.41. The number of allylic oxidation sites excluding steroid dienone is 1. The zero-order valence-corrected chi connectivity index (χ0v) is 14.8. The number of rotatable bonds is 6. The van der Waals surface area contributed by atoms with Crippen molar-refractivity contribution in [1.82, 2.24) is 9.55 Å². The molecule has 0 saturated carbocycles. The maximum absolute atomic E-state index is 13.0. The molecule has 9 heteroatoms. The van der Waals surface area contributed by atoms with E-state index in [0.29, 0.717) is 6.42 Å². The van der Waals surface area contributed by atoms with Gasteiger partial charge < -0.3 is 14.6 Å². The number of ether oxygens (including phenoxy) is 1. The summed E-state index contributed by atoms with van der Waals surface area (Å²) in [4.78, 5) is 27.0. The molecule has 2 aromatic rings. The molecule has 1 aromatic heterocycles. The molecule has 1 heterocycles. The molecule has 0 saturated heterocycles. The largest absolute Gasteiger partial charge is 0.449 e. The number of imidazole rings is 1. The minimum Gasteiger partial charge on any atom is -0.426 e. The second kappa shape index (κ2) is 8.07. The van der Waals surface area contributed by atoms with E-state index in [0.717, 1.165) is 16.3 Å². The molecule has 1 aromatic carbocycles. The van der Waals surface area contributed by atoms with Gasteiger partial charge in [0.15, 0.2) is 5.82 Å². The van der Waals surface area contributed by atoms with Gasteiger partial charge >= 0.3 is 12.1 Å². The van der Waals surface area contributed by atoms with E-state index in [-0.39, 0.29) is 23.7 Å². The molecule has 27 heavy (non-hydrogen) atoms. The first-order valence-corrected chi connectivity index (χ1v) is 8.03. The smallest absolute Gasteiger partial charge is 0.426 e. The van der Waals surface area contributed by atoms with Gasteiger partial charge in [0, 0.05) is 25.2 Å². The predicted molar refractivity (Wildman–Crippen MR) is 92.5 cm³/mol. The Morgan fingerprint density at radius 1 is 1.37 bits per heavy atom. The van der Waals surface area contributed by atoms with Gasteiger partial charge in [-0.1, -0.05) is 19.1 Å². The summed E-state index contributed by atoms with van der Waals surface area (Å²) >= 11 is 0. The number of anilines is 1. The summed E-state index contributed by atoms with van der Waals surface area (Å²) in [7, 11) is 0. The van der Waals surface area contributed by atoms with Crippen molar-refractivity contribution in [3.05, 3.63) is 54.0 Å². The highest BCUT2D eigenvalue weighted by molar-refractivity contribution is 6.04. The third-order valence-electron chi connectivity index (χ3n) is 3.56. The van der Waals surface area contributed by atoms with E-state index in [9.17, 15) is 22.8 Å². The SMILES string of the molecule is C=CCn1cc(NC(=O)c2ccc(CC)c(OC(C)=O)c2)nc1C(F)(F)F. The summed E-state index contributed by atoms with van der Waals surface area (Å²) in [6.07, 6.45) is -1.73. The fourth-order valence-electron chi connectivity index (χ4n) is 2.41. The summed E-state index contributed by atoms with van der Waals surface area (Å²) in [5.41, 5.74) is 0.839. The van der Waals surface area contributed by atoms with Crippen LogP contribution < -0.4 is 10.1 Å². The minimum atomic E-state index is -4.67. The van der Waals surface area contributed by atoms with Crippen LogP contribution in [0.15, 0.2) is 37.1 Å². The number of benzene rings is 1. The molecular weight excluding hydrogens is 363 g/mol. The number of aromatic nitrogens is 2. The zero-order valence-electron chi connectivity index (χ0n) is 14.8. The number of nitrogens with one attached hydrogen (secondary N) is 1. The van der Waals surface area contributed by atoms with Crippen molar-refractivity contribution in [2.45, 2.75) is 33.0 Å². The first kappa shape index (κ1) is 20.2. The van der Waals surface area contributed by atoms with Gasteiger partial charge in [-0.3, -0.25) is 9.59 Å². The van der Waals surface area contributed by atoms with Crippen molar-refractivity contribution in [2.75, 3.05) is 5.32 Å². The molecule has 1 amide bonds. The van der Waals surface area contributed by atoms with Crippen LogP contribution in [0.5, 0.6) is 5.75 Å². The Morgan fingerprint density at radius 2 is 2.07 bits per heavy atom. The molecule has 0 radical (unpaired) electrons.